The second kappa shape index (κ2) is 8.38. The van der Waals surface area contributed by atoms with Gasteiger partial charge in [-0.2, -0.15) is 0 Å². The van der Waals surface area contributed by atoms with Crippen LogP contribution in [0.2, 0.25) is 0 Å². The van der Waals surface area contributed by atoms with Crippen molar-refractivity contribution >= 4 is 11.8 Å². The Labute approximate surface area is 169 Å². The molecule has 1 N–H and O–H groups in total. The summed E-state index contributed by atoms with van der Waals surface area (Å²) in [6, 6.07) is 3.41. The number of amides is 2. The van der Waals surface area contributed by atoms with E-state index >= 15 is 0 Å². The van der Waals surface area contributed by atoms with Gasteiger partial charge in [0.15, 0.2) is 11.6 Å². The van der Waals surface area contributed by atoms with Crippen molar-refractivity contribution in [2.45, 2.75) is 51.0 Å². The summed E-state index contributed by atoms with van der Waals surface area (Å²) in [5.41, 5.74) is -0.204. The molecule has 7 heteroatoms. The van der Waals surface area contributed by atoms with Crippen LogP contribution in [0.4, 0.5) is 8.78 Å². The summed E-state index contributed by atoms with van der Waals surface area (Å²) in [5, 5.41) is 3.22. The number of nitrogens with one attached hydrogen (secondary N) is 1. The number of carbonyl (C=O) groups is 2. The van der Waals surface area contributed by atoms with E-state index in [1.807, 2.05) is 0 Å². The summed E-state index contributed by atoms with van der Waals surface area (Å²) in [6.45, 7) is 1.88. The zero-order chi connectivity index (χ0) is 20.4. The lowest BCUT2D eigenvalue weighted by atomic mass is 9.71. The topological polar surface area (TPSA) is 58.6 Å². The Morgan fingerprint density at radius 2 is 1.79 bits per heavy atom. The second-order valence-corrected chi connectivity index (χ2v) is 8.69. The number of carbonyl (C=O) groups excluding carboxylic acids is 2. The number of benzene rings is 1. The lowest BCUT2D eigenvalue weighted by molar-refractivity contribution is -0.130. The lowest BCUT2D eigenvalue weighted by Gasteiger charge is -2.37. The standard InChI is InChI=1S/C22H28F2N2O3/c23-18-7-6-15(12-19(18)24)21(28)26-13-17(22(14-26)8-10-29-11-9-22)20(27)25-16-4-2-1-3-5-16/h6-7,12,16-17H,1-5,8-11,13-14H2,(H,25,27). The van der Waals surface area contributed by atoms with Crippen LogP contribution in [0.25, 0.3) is 0 Å². The highest BCUT2D eigenvalue weighted by Gasteiger charge is 2.52. The Balaban J connectivity index is 1.52. The van der Waals surface area contributed by atoms with E-state index < -0.39 is 11.6 Å². The zero-order valence-electron chi connectivity index (χ0n) is 16.6. The van der Waals surface area contributed by atoms with Gasteiger partial charge in [0, 0.05) is 43.3 Å². The summed E-state index contributed by atoms with van der Waals surface area (Å²) in [5.74, 6) is -2.67. The van der Waals surface area contributed by atoms with Gasteiger partial charge < -0.3 is 15.0 Å². The fourth-order valence-corrected chi connectivity index (χ4v) is 5.13. The molecule has 1 saturated carbocycles. The van der Waals surface area contributed by atoms with Gasteiger partial charge in [0.05, 0.1) is 5.92 Å². The molecule has 1 aromatic rings. The van der Waals surface area contributed by atoms with Crippen LogP contribution in [0.1, 0.15) is 55.3 Å². The molecular weight excluding hydrogens is 378 g/mol. The van der Waals surface area contributed by atoms with E-state index in [2.05, 4.69) is 5.32 Å². The fraction of sp³-hybridized carbons (Fsp3) is 0.636. The number of hydrogen-bond donors (Lipinski definition) is 1. The van der Waals surface area contributed by atoms with Crippen molar-refractivity contribution in [1.29, 1.82) is 0 Å². The molecule has 1 aromatic carbocycles. The summed E-state index contributed by atoms with van der Waals surface area (Å²) < 4.78 is 32.4. The van der Waals surface area contributed by atoms with Crippen molar-refractivity contribution < 1.29 is 23.1 Å². The maximum Gasteiger partial charge on any atom is 0.254 e. The van der Waals surface area contributed by atoms with Gasteiger partial charge in [-0.3, -0.25) is 9.59 Å². The van der Waals surface area contributed by atoms with E-state index in [-0.39, 0.29) is 34.8 Å². The van der Waals surface area contributed by atoms with Gasteiger partial charge in [0.25, 0.3) is 5.91 Å². The highest BCUT2D eigenvalue weighted by Crippen LogP contribution is 2.45. The molecular formula is C22H28F2N2O3. The van der Waals surface area contributed by atoms with Crippen molar-refractivity contribution in [2.24, 2.45) is 11.3 Å². The molecule has 1 unspecified atom stereocenters. The molecule has 158 valence electrons. The van der Waals surface area contributed by atoms with Gasteiger partial charge in [-0.15, -0.1) is 0 Å². The largest absolute Gasteiger partial charge is 0.381 e. The molecule has 2 aliphatic heterocycles. The van der Waals surface area contributed by atoms with Crippen molar-refractivity contribution in [2.75, 3.05) is 26.3 Å². The molecule has 1 aliphatic carbocycles. The van der Waals surface area contributed by atoms with Gasteiger partial charge in [0.1, 0.15) is 0 Å². The number of rotatable bonds is 3. The van der Waals surface area contributed by atoms with E-state index in [1.54, 1.807) is 4.90 Å². The number of halogens is 2. The van der Waals surface area contributed by atoms with Crippen LogP contribution in [0, 0.1) is 23.0 Å². The van der Waals surface area contributed by atoms with Crippen molar-refractivity contribution in [3.05, 3.63) is 35.4 Å². The first kappa shape index (κ1) is 20.3. The van der Waals surface area contributed by atoms with Crippen LogP contribution in [-0.2, 0) is 9.53 Å². The molecule has 0 aromatic heterocycles. The third kappa shape index (κ3) is 4.15. The molecule has 1 spiro atoms. The average Bonchev–Trinajstić information content (AvgIpc) is 3.09. The van der Waals surface area contributed by atoms with Gasteiger partial charge >= 0.3 is 0 Å². The van der Waals surface area contributed by atoms with Crippen molar-refractivity contribution in [1.82, 2.24) is 10.2 Å². The normalized spacial score (nSPS) is 24.6. The minimum absolute atomic E-state index is 0.0133. The lowest BCUT2D eigenvalue weighted by Crippen LogP contribution is -2.47. The quantitative estimate of drug-likeness (QED) is 0.838. The highest BCUT2D eigenvalue weighted by molar-refractivity contribution is 5.95. The third-order valence-electron chi connectivity index (χ3n) is 6.86. The smallest absolute Gasteiger partial charge is 0.254 e. The number of nitrogens with zero attached hydrogens (tertiary/aromatic N) is 1. The van der Waals surface area contributed by atoms with Crippen molar-refractivity contribution in [3.8, 4) is 0 Å². The number of likely N-dealkylation sites (tertiary alicyclic amines) is 1. The molecule has 29 heavy (non-hydrogen) atoms. The molecule has 2 amide bonds. The van der Waals surface area contributed by atoms with E-state index in [9.17, 15) is 18.4 Å². The first-order chi connectivity index (χ1) is 14.0. The minimum atomic E-state index is -1.04. The van der Waals surface area contributed by atoms with Crippen LogP contribution in [0.5, 0.6) is 0 Å². The average molecular weight is 406 g/mol. The third-order valence-corrected chi connectivity index (χ3v) is 6.86. The first-order valence-electron chi connectivity index (χ1n) is 10.6. The Bertz CT molecular complexity index is 773. The maximum absolute atomic E-state index is 13.6. The van der Waals surface area contributed by atoms with Crippen molar-refractivity contribution in [3.63, 3.8) is 0 Å². The second-order valence-electron chi connectivity index (χ2n) is 8.69. The summed E-state index contributed by atoms with van der Waals surface area (Å²) >= 11 is 0. The Morgan fingerprint density at radius 3 is 2.48 bits per heavy atom. The van der Waals surface area contributed by atoms with Crippen LogP contribution in [0.15, 0.2) is 18.2 Å². The van der Waals surface area contributed by atoms with Crippen LogP contribution >= 0.6 is 0 Å². The maximum atomic E-state index is 13.6. The predicted octanol–water partition coefficient (Wildman–Crippen LogP) is 3.28. The number of ether oxygens (including phenoxy) is 1. The van der Waals surface area contributed by atoms with Crippen LogP contribution in [0.3, 0.4) is 0 Å². The summed E-state index contributed by atoms with van der Waals surface area (Å²) in [6.07, 6.45) is 6.94. The zero-order valence-corrected chi connectivity index (χ0v) is 16.6. The van der Waals surface area contributed by atoms with Gasteiger partial charge in [-0.05, 0) is 43.9 Å². The molecule has 1 atom stereocenters. The van der Waals surface area contributed by atoms with E-state index in [4.69, 9.17) is 4.74 Å². The van der Waals surface area contributed by atoms with E-state index in [1.165, 1.54) is 12.5 Å². The van der Waals surface area contributed by atoms with E-state index in [0.29, 0.717) is 26.3 Å². The van der Waals surface area contributed by atoms with Crippen LogP contribution in [-0.4, -0.2) is 49.1 Å². The Morgan fingerprint density at radius 1 is 1.07 bits per heavy atom. The number of hydrogen-bond acceptors (Lipinski definition) is 3. The molecule has 2 saturated heterocycles. The molecule has 2 heterocycles. The predicted molar refractivity (Wildman–Crippen MR) is 103 cm³/mol. The molecule has 3 aliphatic rings. The fourth-order valence-electron chi connectivity index (χ4n) is 5.13. The van der Waals surface area contributed by atoms with Gasteiger partial charge in [-0.1, -0.05) is 19.3 Å². The minimum Gasteiger partial charge on any atom is -0.381 e. The molecule has 3 fully saturated rings. The SMILES string of the molecule is O=C(NC1CCCCC1)C1CN(C(=O)c2ccc(F)c(F)c2)CC12CCOCC2. The van der Waals surface area contributed by atoms with Gasteiger partial charge in [0.2, 0.25) is 5.91 Å². The molecule has 4 rings (SSSR count). The summed E-state index contributed by atoms with van der Waals surface area (Å²) in [4.78, 5) is 27.8. The van der Waals surface area contributed by atoms with Crippen LogP contribution < -0.4 is 5.32 Å². The van der Waals surface area contributed by atoms with Gasteiger partial charge in [-0.25, -0.2) is 8.78 Å². The molecule has 0 radical (unpaired) electrons. The van der Waals surface area contributed by atoms with E-state index in [0.717, 1.165) is 50.7 Å². The molecule has 5 nitrogen and oxygen atoms in total. The molecule has 0 bridgehead atoms. The first-order valence-corrected chi connectivity index (χ1v) is 10.6. The Hall–Kier alpha value is -2.02. The monoisotopic (exact) mass is 406 g/mol. The summed E-state index contributed by atoms with van der Waals surface area (Å²) in [7, 11) is 0. The Kier molecular flexibility index (Phi) is 5.86. The highest BCUT2D eigenvalue weighted by atomic mass is 19.2.